The molecule has 0 aromatic heterocycles. The molecule has 170 valence electrons. The first-order valence-corrected chi connectivity index (χ1v) is 10.6. The number of hydrogen-bond acceptors (Lipinski definition) is 5. The van der Waals surface area contributed by atoms with Crippen LogP contribution in [0.1, 0.15) is 36.0 Å². The smallest absolute Gasteiger partial charge is 0.407 e. The number of rotatable bonds is 13. The minimum atomic E-state index is -0.508. The van der Waals surface area contributed by atoms with Crippen molar-refractivity contribution in [2.45, 2.75) is 38.8 Å². The summed E-state index contributed by atoms with van der Waals surface area (Å²) >= 11 is 0. The van der Waals surface area contributed by atoms with Crippen molar-refractivity contribution in [1.29, 1.82) is 0 Å². The van der Waals surface area contributed by atoms with Gasteiger partial charge >= 0.3 is 6.09 Å². The Bertz CT molecular complexity index is 869. The summed E-state index contributed by atoms with van der Waals surface area (Å²) in [5.74, 6) is -0.242. The summed E-state index contributed by atoms with van der Waals surface area (Å²) in [5, 5.41) is 8.13. The highest BCUT2D eigenvalue weighted by atomic mass is 16.5. The summed E-state index contributed by atoms with van der Waals surface area (Å²) in [6.45, 7) is 1.29. The van der Waals surface area contributed by atoms with Gasteiger partial charge in [-0.2, -0.15) is 0 Å². The van der Waals surface area contributed by atoms with Crippen molar-refractivity contribution in [2.24, 2.45) is 0 Å². The topological polar surface area (TPSA) is 114 Å². The fraction of sp³-hybridized carbons (Fsp3) is 0.333. The van der Waals surface area contributed by atoms with Crippen LogP contribution in [-0.2, 0) is 38.7 Å². The molecular formula is C24H29N3O5. The monoisotopic (exact) mass is 439 g/mol. The van der Waals surface area contributed by atoms with Crippen molar-refractivity contribution < 1.29 is 23.9 Å². The molecule has 0 unspecified atom stereocenters. The highest BCUT2D eigenvalue weighted by Gasteiger charge is 2.06. The van der Waals surface area contributed by atoms with Crippen LogP contribution in [0.4, 0.5) is 4.79 Å². The molecule has 2 rings (SSSR count). The molecule has 0 spiro atoms. The number of ether oxygens (including phenoxy) is 1. The second-order valence-electron chi connectivity index (χ2n) is 7.17. The molecule has 0 saturated heterocycles. The summed E-state index contributed by atoms with van der Waals surface area (Å²) in [7, 11) is 0. The van der Waals surface area contributed by atoms with Crippen molar-refractivity contribution in [3.63, 3.8) is 0 Å². The van der Waals surface area contributed by atoms with Gasteiger partial charge in [-0.15, -0.1) is 0 Å². The van der Waals surface area contributed by atoms with E-state index in [1.165, 1.54) is 0 Å². The van der Waals surface area contributed by atoms with E-state index in [0.717, 1.165) is 23.0 Å². The van der Waals surface area contributed by atoms with Gasteiger partial charge in [0.2, 0.25) is 11.8 Å². The van der Waals surface area contributed by atoms with Crippen LogP contribution in [-0.4, -0.2) is 37.3 Å². The van der Waals surface area contributed by atoms with Crippen molar-refractivity contribution in [1.82, 2.24) is 16.0 Å². The molecule has 3 N–H and O–H groups in total. The number of benzene rings is 2. The van der Waals surface area contributed by atoms with Gasteiger partial charge in [0.25, 0.3) is 0 Å². The van der Waals surface area contributed by atoms with E-state index in [1.54, 1.807) is 0 Å². The lowest BCUT2D eigenvalue weighted by Crippen LogP contribution is -2.27. The SMILES string of the molecule is O=CCCNC(=O)Cc1ccc(CNC(=O)CCCNC(=O)OCc2ccccc2)cc1. The zero-order valence-corrected chi connectivity index (χ0v) is 18.0. The van der Waals surface area contributed by atoms with E-state index in [1.807, 2.05) is 54.6 Å². The molecule has 32 heavy (non-hydrogen) atoms. The number of nitrogens with one attached hydrogen (secondary N) is 3. The molecule has 0 radical (unpaired) electrons. The largest absolute Gasteiger partial charge is 0.445 e. The quantitative estimate of drug-likeness (QED) is 0.327. The van der Waals surface area contributed by atoms with Gasteiger partial charge in [0.05, 0.1) is 6.42 Å². The summed E-state index contributed by atoms with van der Waals surface area (Å²) in [6.07, 6.45) is 1.60. The maximum absolute atomic E-state index is 12.0. The minimum absolute atomic E-state index is 0.108. The minimum Gasteiger partial charge on any atom is -0.445 e. The third-order valence-corrected chi connectivity index (χ3v) is 4.52. The number of carbonyl (C=O) groups is 4. The molecule has 0 aliphatic rings. The number of amides is 3. The van der Waals surface area contributed by atoms with Gasteiger partial charge in [0.15, 0.2) is 0 Å². The van der Waals surface area contributed by atoms with Gasteiger partial charge in [0.1, 0.15) is 12.9 Å². The van der Waals surface area contributed by atoms with Gasteiger partial charge in [0, 0.05) is 32.5 Å². The number of hydrogen-bond donors (Lipinski definition) is 3. The van der Waals surface area contributed by atoms with Crippen molar-refractivity contribution in [2.75, 3.05) is 13.1 Å². The average molecular weight is 440 g/mol. The maximum Gasteiger partial charge on any atom is 0.407 e. The van der Waals surface area contributed by atoms with Crippen LogP contribution in [0.25, 0.3) is 0 Å². The molecular weight excluding hydrogens is 410 g/mol. The van der Waals surface area contributed by atoms with Crippen LogP contribution in [0, 0.1) is 0 Å². The van der Waals surface area contributed by atoms with Crippen LogP contribution in [0.3, 0.4) is 0 Å². The van der Waals surface area contributed by atoms with Crippen LogP contribution in [0.5, 0.6) is 0 Å². The zero-order valence-electron chi connectivity index (χ0n) is 18.0. The van der Waals surface area contributed by atoms with Gasteiger partial charge in [-0.05, 0) is 23.1 Å². The average Bonchev–Trinajstić information content (AvgIpc) is 2.81. The maximum atomic E-state index is 12.0. The van der Waals surface area contributed by atoms with E-state index in [4.69, 9.17) is 4.74 Å². The molecule has 3 amide bonds. The molecule has 8 nitrogen and oxygen atoms in total. The van der Waals surface area contributed by atoms with E-state index in [0.29, 0.717) is 32.5 Å². The summed E-state index contributed by atoms with van der Waals surface area (Å²) in [6, 6.07) is 16.8. The third-order valence-electron chi connectivity index (χ3n) is 4.52. The van der Waals surface area contributed by atoms with Crippen molar-refractivity contribution >= 4 is 24.2 Å². The number of aldehydes is 1. The lowest BCUT2D eigenvalue weighted by Gasteiger charge is -2.08. The molecule has 0 aliphatic carbocycles. The molecule has 0 atom stereocenters. The van der Waals surface area contributed by atoms with Crippen LogP contribution in [0.15, 0.2) is 54.6 Å². The third kappa shape index (κ3) is 10.4. The van der Waals surface area contributed by atoms with E-state index < -0.39 is 6.09 Å². The predicted molar refractivity (Wildman–Crippen MR) is 120 cm³/mol. The van der Waals surface area contributed by atoms with Crippen LogP contribution < -0.4 is 16.0 Å². The Kier molecular flexibility index (Phi) is 11.0. The Balaban J connectivity index is 1.56. The molecule has 2 aromatic rings. The first-order chi connectivity index (χ1) is 15.6. The number of alkyl carbamates (subject to hydrolysis) is 1. The van der Waals surface area contributed by atoms with E-state index in [-0.39, 0.29) is 31.3 Å². The highest BCUT2D eigenvalue weighted by Crippen LogP contribution is 2.06. The molecule has 0 saturated carbocycles. The molecule has 0 fully saturated rings. The normalized spacial score (nSPS) is 10.1. The van der Waals surface area contributed by atoms with Gasteiger partial charge < -0.3 is 25.5 Å². The fourth-order valence-electron chi connectivity index (χ4n) is 2.80. The van der Waals surface area contributed by atoms with Crippen molar-refractivity contribution in [3.8, 4) is 0 Å². The Labute approximate surface area is 187 Å². The summed E-state index contributed by atoms with van der Waals surface area (Å²) < 4.78 is 5.11. The van der Waals surface area contributed by atoms with Crippen LogP contribution in [0.2, 0.25) is 0 Å². The lowest BCUT2D eigenvalue weighted by atomic mass is 10.1. The summed E-state index contributed by atoms with van der Waals surface area (Å²) in [4.78, 5) is 45.6. The molecule has 0 aliphatic heterocycles. The number of carbonyl (C=O) groups excluding carboxylic acids is 4. The Morgan fingerprint density at radius 3 is 2.22 bits per heavy atom. The Morgan fingerprint density at radius 1 is 0.781 bits per heavy atom. The second kappa shape index (κ2) is 14.3. The zero-order chi connectivity index (χ0) is 23.0. The Morgan fingerprint density at radius 2 is 1.50 bits per heavy atom. The molecule has 0 heterocycles. The summed E-state index contributed by atoms with van der Waals surface area (Å²) in [5.41, 5.74) is 2.69. The van der Waals surface area contributed by atoms with Gasteiger partial charge in [-0.25, -0.2) is 4.79 Å². The Hall–Kier alpha value is -3.68. The van der Waals surface area contributed by atoms with Crippen LogP contribution >= 0.6 is 0 Å². The first kappa shape index (κ1) is 24.6. The first-order valence-electron chi connectivity index (χ1n) is 10.6. The van der Waals surface area contributed by atoms with E-state index in [2.05, 4.69) is 16.0 Å². The fourth-order valence-corrected chi connectivity index (χ4v) is 2.80. The van der Waals surface area contributed by atoms with E-state index in [9.17, 15) is 19.2 Å². The predicted octanol–water partition coefficient (Wildman–Crippen LogP) is 2.26. The standard InChI is InChI=1S/C24H29N3O5/c28-15-5-14-25-23(30)16-19-9-11-20(12-10-19)17-27-22(29)8-4-13-26-24(31)32-18-21-6-2-1-3-7-21/h1-3,6-7,9-12,15H,4-5,8,13-14,16-18H2,(H,25,30)(H,26,31)(H,27,29). The van der Waals surface area contributed by atoms with E-state index >= 15 is 0 Å². The van der Waals surface area contributed by atoms with Gasteiger partial charge in [-0.3, -0.25) is 9.59 Å². The molecule has 0 bridgehead atoms. The molecule has 8 heteroatoms. The second-order valence-corrected chi connectivity index (χ2v) is 7.17. The van der Waals surface area contributed by atoms with Crippen molar-refractivity contribution in [3.05, 3.63) is 71.3 Å². The molecule has 2 aromatic carbocycles. The van der Waals surface area contributed by atoms with Gasteiger partial charge in [-0.1, -0.05) is 54.6 Å². The highest BCUT2D eigenvalue weighted by molar-refractivity contribution is 5.78. The lowest BCUT2D eigenvalue weighted by molar-refractivity contribution is -0.121.